The largest absolute Gasteiger partial charge is 0.383 e. The van der Waals surface area contributed by atoms with Crippen molar-refractivity contribution in [3.8, 4) is 0 Å². The second kappa shape index (κ2) is 7.78. The summed E-state index contributed by atoms with van der Waals surface area (Å²) in [5, 5.41) is 0.167. The minimum Gasteiger partial charge on any atom is -0.383 e. The van der Waals surface area contributed by atoms with Gasteiger partial charge in [-0.25, -0.2) is 9.97 Å². The van der Waals surface area contributed by atoms with E-state index in [1.807, 2.05) is 11.8 Å². The zero-order valence-electron chi connectivity index (χ0n) is 11.4. The monoisotopic (exact) mass is 280 g/mol. The normalized spacial score (nSPS) is 10.2. The molecule has 0 aliphatic heterocycles. The first-order chi connectivity index (χ1) is 9.06. The second-order valence-corrected chi connectivity index (χ2v) is 5.40. The van der Waals surface area contributed by atoms with Crippen molar-refractivity contribution in [3.63, 3.8) is 0 Å². The minimum absolute atomic E-state index is 0.167. The van der Waals surface area contributed by atoms with E-state index in [2.05, 4.69) is 16.5 Å². The fourth-order valence-electron chi connectivity index (χ4n) is 1.63. The lowest BCUT2D eigenvalue weighted by Gasteiger charge is -2.20. The molecule has 0 bridgehead atoms. The van der Waals surface area contributed by atoms with Crippen LogP contribution in [-0.4, -0.2) is 27.4 Å². The number of aromatic nitrogens is 2. The van der Waals surface area contributed by atoms with Gasteiger partial charge in [0, 0.05) is 24.8 Å². The molecular formula is C13H20N4OS. The van der Waals surface area contributed by atoms with Gasteiger partial charge in [-0.15, -0.1) is 0 Å². The summed E-state index contributed by atoms with van der Waals surface area (Å²) in [6, 6.07) is 0. The molecule has 0 spiro atoms. The maximum atomic E-state index is 10.8. The number of hydrogen-bond donors (Lipinski definition) is 1. The smallest absolute Gasteiger partial charge is 0.185 e. The van der Waals surface area contributed by atoms with Crippen LogP contribution in [0.4, 0.5) is 11.6 Å². The number of unbranched alkanes of at least 4 members (excludes halogenated alkanes) is 1. The first-order valence-corrected chi connectivity index (χ1v) is 7.14. The zero-order valence-corrected chi connectivity index (χ0v) is 12.2. The van der Waals surface area contributed by atoms with Gasteiger partial charge in [-0.2, -0.15) is 0 Å². The molecule has 0 atom stereocenters. The van der Waals surface area contributed by atoms with E-state index in [4.69, 9.17) is 5.73 Å². The third-order valence-electron chi connectivity index (χ3n) is 2.69. The summed E-state index contributed by atoms with van der Waals surface area (Å²) in [5.74, 6) is 2.14. The van der Waals surface area contributed by atoms with Crippen LogP contribution in [0.3, 0.4) is 0 Å². The number of nitrogens with zero attached hydrogens (tertiary/aromatic N) is 3. The Bertz CT molecular complexity index is 450. The molecule has 1 rings (SSSR count). The molecule has 0 radical (unpaired) electrons. The first-order valence-electron chi connectivity index (χ1n) is 6.16. The van der Waals surface area contributed by atoms with E-state index in [0.717, 1.165) is 36.5 Å². The van der Waals surface area contributed by atoms with Crippen molar-refractivity contribution >= 4 is 28.5 Å². The van der Waals surface area contributed by atoms with Crippen LogP contribution < -0.4 is 10.6 Å². The molecule has 104 valence electrons. The maximum Gasteiger partial charge on any atom is 0.185 e. The van der Waals surface area contributed by atoms with Crippen molar-refractivity contribution in [1.82, 2.24) is 9.97 Å². The number of thioether (sulfide) groups is 1. The molecule has 6 heteroatoms. The Kier molecular flexibility index (Phi) is 6.35. The van der Waals surface area contributed by atoms with E-state index in [1.54, 1.807) is 13.1 Å². The van der Waals surface area contributed by atoms with Crippen molar-refractivity contribution in [2.75, 3.05) is 22.9 Å². The maximum absolute atomic E-state index is 10.8. The van der Waals surface area contributed by atoms with Gasteiger partial charge in [0.15, 0.2) is 5.12 Å². The zero-order chi connectivity index (χ0) is 14.3. The molecule has 5 nitrogen and oxygen atoms in total. The Morgan fingerprint density at radius 2 is 2.26 bits per heavy atom. The highest BCUT2D eigenvalue weighted by Crippen LogP contribution is 2.20. The number of carbonyl (C=O) groups excluding carboxylic acids is 1. The van der Waals surface area contributed by atoms with Gasteiger partial charge in [-0.3, -0.25) is 4.79 Å². The SMILES string of the molecule is C=CN(CCCCSC(C)=O)c1ncnc(N)c1C. The molecule has 0 saturated heterocycles. The lowest BCUT2D eigenvalue weighted by molar-refractivity contribution is -0.109. The molecule has 0 saturated carbocycles. The number of hydrogen-bond acceptors (Lipinski definition) is 6. The van der Waals surface area contributed by atoms with Gasteiger partial charge in [0.2, 0.25) is 0 Å². The van der Waals surface area contributed by atoms with Crippen LogP contribution in [0.1, 0.15) is 25.3 Å². The molecule has 1 aromatic heterocycles. The summed E-state index contributed by atoms with van der Waals surface area (Å²) in [6.45, 7) is 8.09. The highest BCUT2D eigenvalue weighted by Gasteiger charge is 2.10. The Labute approximate surface area is 118 Å². The molecule has 0 aliphatic carbocycles. The summed E-state index contributed by atoms with van der Waals surface area (Å²) in [4.78, 5) is 21.0. The van der Waals surface area contributed by atoms with Gasteiger partial charge >= 0.3 is 0 Å². The third-order valence-corrected chi connectivity index (χ3v) is 3.59. The summed E-state index contributed by atoms with van der Waals surface area (Å²) in [7, 11) is 0. The van der Waals surface area contributed by atoms with Gasteiger partial charge < -0.3 is 10.6 Å². The lowest BCUT2D eigenvalue weighted by atomic mass is 10.2. The predicted molar refractivity (Wildman–Crippen MR) is 81.1 cm³/mol. The fraction of sp³-hybridized carbons (Fsp3) is 0.462. The molecule has 0 aromatic carbocycles. The van der Waals surface area contributed by atoms with E-state index in [9.17, 15) is 4.79 Å². The van der Waals surface area contributed by atoms with E-state index >= 15 is 0 Å². The molecule has 2 N–H and O–H groups in total. The first kappa shape index (κ1) is 15.5. The predicted octanol–water partition coefficient (Wildman–Crippen LogP) is 2.38. The van der Waals surface area contributed by atoms with Gasteiger partial charge in [0.05, 0.1) is 0 Å². The van der Waals surface area contributed by atoms with Crippen LogP contribution >= 0.6 is 11.8 Å². The van der Waals surface area contributed by atoms with Crippen LogP contribution in [0.25, 0.3) is 0 Å². The fourth-order valence-corrected chi connectivity index (χ4v) is 2.26. The topological polar surface area (TPSA) is 72.1 Å². The van der Waals surface area contributed by atoms with Crippen LogP contribution in [0, 0.1) is 6.92 Å². The number of carbonyl (C=O) groups is 1. The summed E-state index contributed by atoms with van der Waals surface area (Å²) >= 11 is 1.36. The third kappa shape index (κ3) is 4.90. The summed E-state index contributed by atoms with van der Waals surface area (Å²) in [5.41, 5.74) is 6.63. The van der Waals surface area contributed by atoms with Crippen molar-refractivity contribution < 1.29 is 4.79 Å². The number of rotatable bonds is 7. The Balaban J connectivity index is 2.52. The van der Waals surface area contributed by atoms with Crippen molar-refractivity contribution in [1.29, 1.82) is 0 Å². The second-order valence-electron chi connectivity index (χ2n) is 4.13. The van der Waals surface area contributed by atoms with E-state index < -0.39 is 0 Å². The van der Waals surface area contributed by atoms with Crippen molar-refractivity contribution in [2.24, 2.45) is 0 Å². The van der Waals surface area contributed by atoms with Gasteiger partial charge in [0.1, 0.15) is 18.0 Å². The highest BCUT2D eigenvalue weighted by molar-refractivity contribution is 8.13. The number of nitrogen functional groups attached to an aromatic ring is 1. The molecule has 0 amide bonds. The van der Waals surface area contributed by atoms with E-state index in [0.29, 0.717) is 5.82 Å². The Morgan fingerprint density at radius 3 is 2.89 bits per heavy atom. The van der Waals surface area contributed by atoms with Crippen LogP contribution in [0.15, 0.2) is 19.1 Å². The molecule has 0 fully saturated rings. The van der Waals surface area contributed by atoms with E-state index in [1.165, 1.54) is 18.1 Å². The molecule has 0 unspecified atom stereocenters. The molecular weight excluding hydrogens is 260 g/mol. The Morgan fingerprint density at radius 1 is 1.53 bits per heavy atom. The van der Waals surface area contributed by atoms with Gasteiger partial charge in [-0.1, -0.05) is 18.3 Å². The average Bonchev–Trinajstić information content (AvgIpc) is 2.37. The average molecular weight is 280 g/mol. The number of nitrogens with two attached hydrogens (primary N) is 1. The molecule has 19 heavy (non-hydrogen) atoms. The van der Waals surface area contributed by atoms with Crippen LogP contribution in [0.5, 0.6) is 0 Å². The molecule has 1 aromatic rings. The van der Waals surface area contributed by atoms with E-state index in [-0.39, 0.29) is 5.12 Å². The minimum atomic E-state index is 0.167. The van der Waals surface area contributed by atoms with Crippen molar-refractivity contribution in [2.45, 2.75) is 26.7 Å². The van der Waals surface area contributed by atoms with Crippen LogP contribution in [0.2, 0.25) is 0 Å². The van der Waals surface area contributed by atoms with Crippen LogP contribution in [-0.2, 0) is 4.79 Å². The quantitative estimate of drug-likeness (QED) is 0.773. The molecule has 0 aliphatic rings. The highest BCUT2D eigenvalue weighted by atomic mass is 32.2. The standard InChI is InChI=1S/C13H20N4OS/c1-4-17(7-5-6-8-19-11(3)18)13-10(2)12(14)15-9-16-13/h4,9H,1,5-8H2,2-3H3,(H2,14,15,16). The molecule has 1 heterocycles. The number of anilines is 2. The summed E-state index contributed by atoms with van der Waals surface area (Å²) < 4.78 is 0. The summed E-state index contributed by atoms with van der Waals surface area (Å²) in [6.07, 6.45) is 5.15. The van der Waals surface area contributed by atoms with Gasteiger partial charge in [-0.05, 0) is 26.0 Å². The van der Waals surface area contributed by atoms with Gasteiger partial charge in [0.25, 0.3) is 0 Å². The van der Waals surface area contributed by atoms with Crippen molar-refractivity contribution in [3.05, 3.63) is 24.7 Å². The Hall–Kier alpha value is -1.56. The lowest BCUT2D eigenvalue weighted by Crippen LogP contribution is -2.20.